The third kappa shape index (κ3) is 2.35. The summed E-state index contributed by atoms with van der Waals surface area (Å²) in [5.74, 6) is 0. The van der Waals surface area contributed by atoms with Crippen molar-refractivity contribution in [2.45, 2.75) is 51.9 Å². The standard InChI is InChI=1S/C12H24N2O/c1-12(2,3)11(6-13)14-7-9-4-5-10(8-14)15-9/h9-11H,4-8,13H2,1-3H3. The second kappa shape index (κ2) is 4.04. The molecule has 2 fully saturated rings. The van der Waals surface area contributed by atoms with Gasteiger partial charge in [0.05, 0.1) is 12.2 Å². The first kappa shape index (κ1) is 11.4. The van der Waals surface area contributed by atoms with Crippen LogP contribution in [-0.2, 0) is 4.74 Å². The van der Waals surface area contributed by atoms with E-state index in [4.69, 9.17) is 10.5 Å². The van der Waals surface area contributed by atoms with Crippen LogP contribution in [0.2, 0.25) is 0 Å². The quantitative estimate of drug-likeness (QED) is 0.748. The van der Waals surface area contributed by atoms with E-state index in [9.17, 15) is 0 Å². The number of ether oxygens (including phenoxy) is 1. The third-order valence-corrected chi connectivity index (χ3v) is 3.74. The third-order valence-electron chi connectivity index (χ3n) is 3.74. The van der Waals surface area contributed by atoms with Crippen molar-refractivity contribution in [2.75, 3.05) is 19.6 Å². The van der Waals surface area contributed by atoms with Crippen molar-refractivity contribution in [3.63, 3.8) is 0 Å². The molecule has 0 saturated carbocycles. The number of fused-ring (bicyclic) bond motifs is 2. The van der Waals surface area contributed by atoms with Gasteiger partial charge in [-0.1, -0.05) is 20.8 Å². The average Bonchev–Trinajstić information content (AvgIpc) is 2.44. The second-order valence-corrected chi connectivity index (χ2v) is 6.03. The Morgan fingerprint density at radius 3 is 2.20 bits per heavy atom. The zero-order chi connectivity index (χ0) is 11.1. The molecular formula is C12H24N2O. The number of nitrogens with zero attached hydrogens (tertiary/aromatic N) is 1. The lowest BCUT2D eigenvalue weighted by atomic mass is 9.85. The van der Waals surface area contributed by atoms with Gasteiger partial charge in [0.25, 0.3) is 0 Å². The molecule has 0 spiro atoms. The maximum Gasteiger partial charge on any atom is 0.0707 e. The first-order valence-corrected chi connectivity index (χ1v) is 6.10. The van der Waals surface area contributed by atoms with Crippen LogP contribution in [0.25, 0.3) is 0 Å². The summed E-state index contributed by atoms with van der Waals surface area (Å²) in [6.45, 7) is 9.75. The number of nitrogens with two attached hydrogens (primary N) is 1. The summed E-state index contributed by atoms with van der Waals surface area (Å²) in [5.41, 5.74) is 6.19. The van der Waals surface area contributed by atoms with Gasteiger partial charge in [-0.2, -0.15) is 0 Å². The summed E-state index contributed by atoms with van der Waals surface area (Å²) in [5, 5.41) is 0. The Labute approximate surface area is 93.0 Å². The number of likely N-dealkylation sites (tertiary alicyclic amines) is 1. The van der Waals surface area contributed by atoms with Crippen LogP contribution < -0.4 is 5.73 Å². The number of rotatable bonds is 2. The predicted octanol–water partition coefficient (Wildman–Crippen LogP) is 1.22. The van der Waals surface area contributed by atoms with Crippen molar-refractivity contribution >= 4 is 0 Å². The second-order valence-electron chi connectivity index (χ2n) is 6.03. The van der Waals surface area contributed by atoms with Gasteiger partial charge in [0.1, 0.15) is 0 Å². The van der Waals surface area contributed by atoms with Crippen LogP contribution in [0.15, 0.2) is 0 Å². The number of hydrogen-bond acceptors (Lipinski definition) is 3. The van der Waals surface area contributed by atoms with Crippen molar-refractivity contribution in [3.05, 3.63) is 0 Å². The van der Waals surface area contributed by atoms with Gasteiger partial charge in [-0.15, -0.1) is 0 Å². The van der Waals surface area contributed by atoms with E-state index in [2.05, 4.69) is 25.7 Å². The van der Waals surface area contributed by atoms with E-state index in [1.807, 2.05) is 0 Å². The summed E-state index contributed by atoms with van der Waals surface area (Å²) < 4.78 is 5.85. The summed E-state index contributed by atoms with van der Waals surface area (Å²) in [6, 6.07) is 0.490. The molecule has 0 aromatic rings. The van der Waals surface area contributed by atoms with Gasteiger partial charge in [-0.25, -0.2) is 0 Å². The smallest absolute Gasteiger partial charge is 0.0707 e. The molecule has 3 unspecified atom stereocenters. The molecule has 0 radical (unpaired) electrons. The van der Waals surface area contributed by atoms with Crippen LogP contribution in [0.4, 0.5) is 0 Å². The van der Waals surface area contributed by atoms with E-state index >= 15 is 0 Å². The maximum absolute atomic E-state index is 5.92. The van der Waals surface area contributed by atoms with Gasteiger partial charge in [0.15, 0.2) is 0 Å². The SMILES string of the molecule is CC(C)(C)C(CN)N1CC2CCC(C1)O2. The lowest BCUT2D eigenvalue weighted by Gasteiger charge is -2.43. The van der Waals surface area contributed by atoms with Gasteiger partial charge in [0, 0.05) is 25.7 Å². The predicted molar refractivity (Wildman–Crippen MR) is 61.8 cm³/mol. The molecule has 2 aliphatic rings. The van der Waals surface area contributed by atoms with E-state index in [0.717, 1.165) is 19.6 Å². The lowest BCUT2D eigenvalue weighted by Crippen LogP contribution is -2.55. The molecule has 0 aliphatic carbocycles. The summed E-state index contributed by atoms with van der Waals surface area (Å²) in [6.07, 6.45) is 3.42. The van der Waals surface area contributed by atoms with E-state index in [-0.39, 0.29) is 5.41 Å². The van der Waals surface area contributed by atoms with Gasteiger partial charge >= 0.3 is 0 Å². The normalized spacial score (nSPS) is 34.4. The first-order valence-electron chi connectivity index (χ1n) is 6.10. The Morgan fingerprint density at radius 2 is 1.80 bits per heavy atom. The van der Waals surface area contributed by atoms with Crippen LogP contribution in [0.3, 0.4) is 0 Å². The zero-order valence-electron chi connectivity index (χ0n) is 10.2. The molecule has 3 atom stereocenters. The number of hydrogen-bond donors (Lipinski definition) is 1. The molecule has 2 saturated heterocycles. The fourth-order valence-electron chi connectivity index (χ4n) is 2.95. The minimum Gasteiger partial charge on any atom is -0.372 e. The highest BCUT2D eigenvalue weighted by molar-refractivity contribution is 4.92. The minimum absolute atomic E-state index is 0.269. The van der Waals surface area contributed by atoms with Gasteiger partial charge < -0.3 is 10.5 Å². The van der Waals surface area contributed by atoms with Crippen LogP contribution >= 0.6 is 0 Å². The molecule has 0 aromatic carbocycles. The monoisotopic (exact) mass is 212 g/mol. The average molecular weight is 212 g/mol. The van der Waals surface area contributed by atoms with E-state index in [0.29, 0.717) is 18.2 Å². The first-order chi connectivity index (χ1) is 7.00. The molecule has 2 N–H and O–H groups in total. The Hall–Kier alpha value is -0.120. The Bertz CT molecular complexity index is 212. The highest BCUT2D eigenvalue weighted by atomic mass is 16.5. The molecule has 3 heteroatoms. The van der Waals surface area contributed by atoms with Crippen LogP contribution in [0.5, 0.6) is 0 Å². The topological polar surface area (TPSA) is 38.5 Å². The van der Waals surface area contributed by atoms with E-state index in [1.165, 1.54) is 12.8 Å². The van der Waals surface area contributed by atoms with Crippen molar-refractivity contribution in [1.29, 1.82) is 0 Å². The molecule has 0 aromatic heterocycles. The molecular weight excluding hydrogens is 188 g/mol. The fourth-order valence-corrected chi connectivity index (χ4v) is 2.95. The van der Waals surface area contributed by atoms with E-state index in [1.54, 1.807) is 0 Å². The molecule has 2 heterocycles. The minimum atomic E-state index is 0.269. The summed E-state index contributed by atoms with van der Waals surface area (Å²) in [7, 11) is 0. The van der Waals surface area contributed by atoms with Crippen LogP contribution in [-0.4, -0.2) is 42.8 Å². The van der Waals surface area contributed by atoms with Crippen molar-refractivity contribution in [1.82, 2.24) is 4.90 Å². The molecule has 88 valence electrons. The Morgan fingerprint density at radius 1 is 1.27 bits per heavy atom. The highest BCUT2D eigenvalue weighted by Gasteiger charge is 2.39. The maximum atomic E-state index is 5.92. The summed E-state index contributed by atoms with van der Waals surface area (Å²) >= 11 is 0. The Kier molecular flexibility index (Phi) is 3.06. The highest BCUT2D eigenvalue weighted by Crippen LogP contribution is 2.31. The lowest BCUT2D eigenvalue weighted by molar-refractivity contribution is -0.0667. The van der Waals surface area contributed by atoms with E-state index < -0.39 is 0 Å². The van der Waals surface area contributed by atoms with Gasteiger partial charge in [-0.3, -0.25) is 4.90 Å². The van der Waals surface area contributed by atoms with Crippen molar-refractivity contribution in [2.24, 2.45) is 11.1 Å². The van der Waals surface area contributed by atoms with Gasteiger partial charge in [-0.05, 0) is 18.3 Å². The molecule has 2 rings (SSSR count). The Balaban J connectivity index is 2.03. The van der Waals surface area contributed by atoms with Crippen molar-refractivity contribution in [3.8, 4) is 0 Å². The molecule has 2 aliphatic heterocycles. The zero-order valence-corrected chi connectivity index (χ0v) is 10.2. The molecule has 15 heavy (non-hydrogen) atoms. The number of morpholine rings is 1. The van der Waals surface area contributed by atoms with Crippen molar-refractivity contribution < 1.29 is 4.74 Å². The van der Waals surface area contributed by atoms with Crippen LogP contribution in [0.1, 0.15) is 33.6 Å². The largest absolute Gasteiger partial charge is 0.372 e. The molecule has 0 amide bonds. The van der Waals surface area contributed by atoms with Crippen LogP contribution in [0, 0.1) is 5.41 Å². The summed E-state index contributed by atoms with van der Waals surface area (Å²) in [4.78, 5) is 2.55. The van der Waals surface area contributed by atoms with Gasteiger partial charge in [0.2, 0.25) is 0 Å². The molecule has 3 nitrogen and oxygen atoms in total. The fraction of sp³-hybridized carbons (Fsp3) is 1.00. The molecule has 2 bridgehead atoms.